The van der Waals surface area contributed by atoms with Crippen molar-refractivity contribution in [2.45, 2.75) is 18.5 Å². The van der Waals surface area contributed by atoms with E-state index in [0.717, 1.165) is 17.8 Å². The van der Waals surface area contributed by atoms with Crippen molar-refractivity contribution in [3.05, 3.63) is 87.3 Å². The number of amides is 1. The molecule has 0 radical (unpaired) electrons. The Morgan fingerprint density at radius 1 is 1.08 bits per heavy atom. The summed E-state index contributed by atoms with van der Waals surface area (Å²) in [7, 11) is 0. The number of pyridine rings is 2. The Hall–Kier alpha value is -3.35. The highest BCUT2D eigenvalue weighted by Gasteiger charge is 2.37. The van der Waals surface area contributed by atoms with Gasteiger partial charge in [-0.25, -0.2) is 9.97 Å². The molecule has 0 aliphatic carbocycles. The summed E-state index contributed by atoms with van der Waals surface area (Å²) in [6.45, 7) is 1.04. The lowest BCUT2D eigenvalue weighted by atomic mass is 9.87. The number of benzene rings is 1. The Kier molecular flexibility index (Phi) is 7.67. The van der Waals surface area contributed by atoms with Crippen LogP contribution in [0.25, 0.3) is 0 Å². The molecule has 0 unspecified atom stereocenters. The van der Waals surface area contributed by atoms with Gasteiger partial charge in [0.2, 0.25) is 5.88 Å². The normalized spacial score (nSPS) is 17.6. The van der Waals surface area contributed by atoms with Gasteiger partial charge in [-0.05, 0) is 48.2 Å². The number of halogens is 5. The molecule has 2 aromatic heterocycles. The number of rotatable bonds is 6. The summed E-state index contributed by atoms with van der Waals surface area (Å²) in [5.41, 5.74) is 0.647. The lowest BCUT2D eigenvalue weighted by Crippen LogP contribution is -2.29. The van der Waals surface area contributed by atoms with Gasteiger partial charge in [-0.15, -0.1) is 0 Å². The van der Waals surface area contributed by atoms with Crippen LogP contribution in [-0.4, -0.2) is 40.5 Å². The number of nitriles is 1. The predicted molar refractivity (Wildman–Crippen MR) is 127 cm³/mol. The number of hydrogen-bond donors (Lipinski definition) is 0. The van der Waals surface area contributed by atoms with Crippen molar-refractivity contribution in [3.8, 4) is 11.9 Å². The molecule has 1 amide bonds. The summed E-state index contributed by atoms with van der Waals surface area (Å²) in [4.78, 5) is 22.5. The summed E-state index contributed by atoms with van der Waals surface area (Å²) in [5, 5.41) is 9.76. The Balaban J connectivity index is 1.48. The number of aromatic nitrogens is 2. The SMILES string of the molecule is N#Cc1ccc(C(=O)N2C[C@@H](CCOc3ccc(C(F)(F)F)cn3)[C@@H](c3ccc(Cl)c(Cl)c3)C2)cn1. The topological polar surface area (TPSA) is 79.1 Å². The fourth-order valence-electron chi connectivity index (χ4n) is 4.17. The van der Waals surface area contributed by atoms with Crippen molar-refractivity contribution < 1.29 is 22.7 Å². The fourth-order valence-corrected chi connectivity index (χ4v) is 4.47. The Bertz CT molecular complexity index is 1280. The summed E-state index contributed by atoms with van der Waals surface area (Å²) < 4.78 is 43.8. The minimum absolute atomic E-state index is 0.0213. The quantitative estimate of drug-likeness (QED) is 0.387. The molecule has 0 bridgehead atoms. The van der Waals surface area contributed by atoms with Crippen LogP contribution >= 0.6 is 23.2 Å². The van der Waals surface area contributed by atoms with Gasteiger partial charge in [-0.2, -0.15) is 18.4 Å². The number of likely N-dealkylation sites (tertiary alicyclic amines) is 1. The largest absolute Gasteiger partial charge is 0.478 e. The molecule has 0 N–H and O–H groups in total. The molecule has 1 aliphatic rings. The van der Waals surface area contributed by atoms with Crippen molar-refractivity contribution >= 4 is 29.1 Å². The minimum Gasteiger partial charge on any atom is -0.478 e. The molecule has 4 rings (SSSR count). The van der Waals surface area contributed by atoms with E-state index < -0.39 is 11.7 Å². The molecule has 1 fully saturated rings. The van der Waals surface area contributed by atoms with Gasteiger partial charge in [-0.1, -0.05) is 29.3 Å². The van der Waals surface area contributed by atoms with Gasteiger partial charge in [-0.3, -0.25) is 4.79 Å². The zero-order valence-electron chi connectivity index (χ0n) is 18.7. The van der Waals surface area contributed by atoms with Crippen molar-refractivity contribution in [3.63, 3.8) is 0 Å². The molecule has 2 atom stereocenters. The van der Waals surface area contributed by atoms with E-state index in [-0.39, 0.29) is 35.9 Å². The van der Waals surface area contributed by atoms with Gasteiger partial charge < -0.3 is 9.64 Å². The van der Waals surface area contributed by atoms with Crippen LogP contribution < -0.4 is 4.74 Å². The molecule has 3 heterocycles. The second-order valence-electron chi connectivity index (χ2n) is 8.31. The highest BCUT2D eigenvalue weighted by Crippen LogP contribution is 2.38. The Labute approximate surface area is 215 Å². The first-order chi connectivity index (χ1) is 17.2. The third-order valence-corrected chi connectivity index (χ3v) is 6.77. The van der Waals surface area contributed by atoms with E-state index in [0.29, 0.717) is 35.1 Å². The number of carbonyl (C=O) groups is 1. The predicted octanol–water partition coefficient (Wildman–Crippen LogP) is 6.00. The van der Waals surface area contributed by atoms with Crippen LogP contribution in [0.2, 0.25) is 10.0 Å². The molecule has 11 heteroatoms. The third kappa shape index (κ3) is 5.89. The van der Waals surface area contributed by atoms with Crippen LogP contribution in [0.5, 0.6) is 5.88 Å². The van der Waals surface area contributed by atoms with Gasteiger partial charge in [0.05, 0.1) is 27.8 Å². The first-order valence-corrected chi connectivity index (χ1v) is 11.7. The van der Waals surface area contributed by atoms with E-state index in [2.05, 4.69) is 9.97 Å². The fraction of sp³-hybridized carbons (Fsp3) is 0.280. The maximum absolute atomic E-state index is 13.1. The van der Waals surface area contributed by atoms with Crippen LogP contribution in [0.15, 0.2) is 54.9 Å². The van der Waals surface area contributed by atoms with Gasteiger partial charge in [0.25, 0.3) is 5.91 Å². The summed E-state index contributed by atoms with van der Waals surface area (Å²) >= 11 is 12.3. The van der Waals surface area contributed by atoms with Crippen LogP contribution in [0, 0.1) is 17.2 Å². The first-order valence-electron chi connectivity index (χ1n) is 10.9. The monoisotopic (exact) mass is 534 g/mol. The third-order valence-electron chi connectivity index (χ3n) is 6.03. The zero-order chi connectivity index (χ0) is 25.9. The molecular formula is C25H19Cl2F3N4O2. The number of ether oxygens (including phenoxy) is 1. The minimum atomic E-state index is -4.47. The average Bonchev–Trinajstić information content (AvgIpc) is 3.29. The molecule has 1 aromatic carbocycles. The van der Waals surface area contributed by atoms with Gasteiger partial charge in [0.15, 0.2) is 0 Å². The van der Waals surface area contributed by atoms with Gasteiger partial charge >= 0.3 is 6.18 Å². The van der Waals surface area contributed by atoms with Crippen LogP contribution in [0.1, 0.15) is 39.5 Å². The second kappa shape index (κ2) is 10.7. The van der Waals surface area contributed by atoms with E-state index in [9.17, 15) is 18.0 Å². The molecule has 1 saturated heterocycles. The second-order valence-corrected chi connectivity index (χ2v) is 9.13. The maximum atomic E-state index is 13.1. The molecular weight excluding hydrogens is 516 g/mol. The summed E-state index contributed by atoms with van der Waals surface area (Å²) in [5.74, 6) is -0.222. The molecule has 36 heavy (non-hydrogen) atoms. The highest BCUT2D eigenvalue weighted by atomic mass is 35.5. The number of carbonyl (C=O) groups excluding carboxylic acids is 1. The average molecular weight is 535 g/mol. The molecule has 0 saturated carbocycles. The van der Waals surface area contributed by atoms with E-state index in [1.165, 1.54) is 18.3 Å². The van der Waals surface area contributed by atoms with E-state index in [1.54, 1.807) is 23.1 Å². The van der Waals surface area contributed by atoms with Crippen LogP contribution in [-0.2, 0) is 6.18 Å². The smallest absolute Gasteiger partial charge is 0.417 e. The first kappa shape index (κ1) is 25.7. The van der Waals surface area contributed by atoms with E-state index in [4.69, 9.17) is 33.2 Å². The van der Waals surface area contributed by atoms with Crippen molar-refractivity contribution in [1.82, 2.24) is 14.9 Å². The van der Waals surface area contributed by atoms with Gasteiger partial charge in [0, 0.05) is 37.5 Å². The summed E-state index contributed by atoms with van der Waals surface area (Å²) in [6.07, 6.45) is -1.84. The van der Waals surface area contributed by atoms with E-state index >= 15 is 0 Å². The molecule has 6 nitrogen and oxygen atoms in total. The van der Waals surface area contributed by atoms with Crippen molar-refractivity contribution in [2.75, 3.05) is 19.7 Å². The number of hydrogen-bond acceptors (Lipinski definition) is 5. The molecule has 3 aromatic rings. The molecule has 186 valence electrons. The number of alkyl halides is 3. The van der Waals surface area contributed by atoms with Gasteiger partial charge in [0.1, 0.15) is 11.8 Å². The number of nitrogens with zero attached hydrogens (tertiary/aromatic N) is 4. The van der Waals surface area contributed by atoms with Crippen LogP contribution in [0.4, 0.5) is 13.2 Å². The maximum Gasteiger partial charge on any atom is 0.417 e. The lowest BCUT2D eigenvalue weighted by molar-refractivity contribution is -0.137. The standard InChI is InChI=1S/C25H19Cl2F3N4O2/c26-21-5-2-15(9-22(21)27)20-14-34(24(35)16-1-4-19(10-31)32-11-16)13-17(20)7-8-36-23-6-3-18(12-33-23)25(28,29)30/h1-6,9,11-12,17,20H,7-8,13-14H2/t17-,20-/m1/s1. The van der Waals surface area contributed by atoms with Crippen molar-refractivity contribution in [1.29, 1.82) is 5.26 Å². The van der Waals surface area contributed by atoms with E-state index in [1.807, 2.05) is 12.1 Å². The van der Waals surface area contributed by atoms with Crippen LogP contribution in [0.3, 0.4) is 0 Å². The Morgan fingerprint density at radius 2 is 1.89 bits per heavy atom. The zero-order valence-corrected chi connectivity index (χ0v) is 20.2. The van der Waals surface area contributed by atoms with Crippen molar-refractivity contribution in [2.24, 2.45) is 5.92 Å². The molecule has 1 aliphatic heterocycles. The Morgan fingerprint density at radius 3 is 2.50 bits per heavy atom. The summed E-state index contributed by atoms with van der Waals surface area (Å²) in [6, 6.07) is 12.4. The highest BCUT2D eigenvalue weighted by molar-refractivity contribution is 6.42. The molecule has 0 spiro atoms. The lowest BCUT2D eigenvalue weighted by Gasteiger charge is -2.19.